The van der Waals surface area contributed by atoms with Gasteiger partial charge < -0.3 is 24.4 Å². The van der Waals surface area contributed by atoms with Gasteiger partial charge in [-0.05, 0) is 48.9 Å². The molecule has 1 amide bonds. The number of benzene rings is 3. The fourth-order valence-corrected chi connectivity index (χ4v) is 5.86. The Morgan fingerprint density at radius 3 is 2.60 bits per heavy atom. The van der Waals surface area contributed by atoms with Gasteiger partial charge in [0, 0.05) is 49.1 Å². The number of aliphatic hydroxyl groups excluding tert-OH is 1. The van der Waals surface area contributed by atoms with Crippen LogP contribution >= 0.6 is 0 Å². The van der Waals surface area contributed by atoms with Crippen molar-refractivity contribution in [2.45, 2.75) is 39.1 Å². The number of para-hydroxylation sites is 1. The number of rotatable bonds is 6. The summed E-state index contributed by atoms with van der Waals surface area (Å²) in [6.45, 7) is 6.04. The van der Waals surface area contributed by atoms with Crippen LogP contribution in [0.5, 0.6) is 5.75 Å². The van der Waals surface area contributed by atoms with Gasteiger partial charge in [-0.1, -0.05) is 61.5 Å². The van der Waals surface area contributed by atoms with E-state index in [0.717, 1.165) is 33.2 Å². The molecule has 0 bridgehead atoms. The van der Waals surface area contributed by atoms with Gasteiger partial charge in [-0.15, -0.1) is 0 Å². The normalized spacial score (nSPS) is 18.9. The fourth-order valence-electron chi connectivity index (χ4n) is 5.86. The molecule has 1 aromatic heterocycles. The van der Waals surface area contributed by atoms with E-state index in [1.54, 1.807) is 12.1 Å². The first-order chi connectivity index (χ1) is 19.3. The van der Waals surface area contributed by atoms with Crippen LogP contribution < -0.4 is 0 Å². The number of carbonyl (C=O) groups is 1. The number of nitrogens with zero attached hydrogens (tertiary/aromatic N) is 3. The molecule has 5 rings (SSSR count). The lowest BCUT2D eigenvalue weighted by Crippen LogP contribution is -2.47. The van der Waals surface area contributed by atoms with E-state index in [4.69, 9.17) is 4.74 Å². The highest BCUT2D eigenvalue weighted by Gasteiger charge is 2.33. The van der Waals surface area contributed by atoms with Crippen molar-refractivity contribution < 1.29 is 19.7 Å². The van der Waals surface area contributed by atoms with Crippen LogP contribution in [0.15, 0.2) is 72.8 Å². The number of likely N-dealkylation sites (N-methyl/N-ethyl adjacent to an activating group) is 1. The van der Waals surface area contributed by atoms with Gasteiger partial charge in [0.2, 0.25) is 0 Å². The molecule has 0 saturated heterocycles. The molecule has 210 valence electrons. The Morgan fingerprint density at radius 1 is 1.07 bits per heavy atom. The topological polar surface area (TPSA) is 78.2 Å². The number of aryl methyl sites for hydroxylation is 1. The molecule has 1 aliphatic rings. The van der Waals surface area contributed by atoms with Crippen LogP contribution in [-0.2, 0) is 24.9 Å². The molecule has 3 atom stereocenters. The molecule has 0 fully saturated rings. The average molecular weight is 542 g/mol. The van der Waals surface area contributed by atoms with E-state index < -0.39 is 0 Å². The molecule has 2 N–H and O–H groups in total. The van der Waals surface area contributed by atoms with Crippen molar-refractivity contribution >= 4 is 16.8 Å². The van der Waals surface area contributed by atoms with Crippen molar-refractivity contribution in [3.8, 4) is 16.9 Å². The number of ether oxygens (including phenoxy) is 1. The number of aromatic hydroxyl groups is 1. The van der Waals surface area contributed by atoms with Crippen LogP contribution in [0, 0.1) is 5.92 Å². The minimum absolute atomic E-state index is 0.00651. The van der Waals surface area contributed by atoms with E-state index in [9.17, 15) is 15.0 Å². The van der Waals surface area contributed by atoms with Crippen molar-refractivity contribution in [1.29, 1.82) is 0 Å². The highest BCUT2D eigenvalue weighted by molar-refractivity contribution is 6.10. The Hall–Kier alpha value is -3.65. The molecule has 0 aliphatic carbocycles. The van der Waals surface area contributed by atoms with Gasteiger partial charge in [0.05, 0.1) is 25.4 Å². The van der Waals surface area contributed by atoms with Crippen molar-refractivity contribution in [3.63, 3.8) is 0 Å². The van der Waals surface area contributed by atoms with Crippen LogP contribution in [0.3, 0.4) is 0 Å². The first kappa shape index (κ1) is 27.9. The van der Waals surface area contributed by atoms with E-state index >= 15 is 0 Å². The molecule has 0 radical (unpaired) electrons. The van der Waals surface area contributed by atoms with Crippen LogP contribution in [0.4, 0.5) is 0 Å². The number of phenols is 1. The summed E-state index contributed by atoms with van der Waals surface area (Å²) >= 11 is 0. The lowest BCUT2D eigenvalue weighted by Gasteiger charge is -2.35. The van der Waals surface area contributed by atoms with Gasteiger partial charge >= 0.3 is 0 Å². The van der Waals surface area contributed by atoms with Gasteiger partial charge in [-0.2, -0.15) is 0 Å². The Balaban J connectivity index is 1.57. The molecule has 40 heavy (non-hydrogen) atoms. The highest BCUT2D eigenvalue weighted by Crippen LogP contribution is 2.38. The fraction of sp³-hybridized carbons (Fsp3) is 0.364. The predicted octanol–water partition coefficient (Wildman–Crippen LogP) is 5.04. The summed E-state index contributed by atoms with van der Waals surface area (Å²) < 4.78 is 8.67. The maximum Gasteiger partial charge on any atom is 0.271 e. The SMILES string of the molecule is C[C@@H]1CN([C@H](C)CO)C(=O)c2c(c3ccccc3n2C)-c2ccccc2CO[C@H]1CN(C)Cc1cccc(O)c1. The van der Waals surface area contributed by atoms with Crippen LogP contribution in [0.1, 0.15) is 35.5 Å². The second-order valence-electron chi connectivity index (χ2n) is 11.1. The average Bonchev–Trinajstić information content (AvgIpc) is 3.24. The molecule has 0 spiro atoms. The quantitative estimate of drug-likeness (QED) is 0.358. The number of aliphatic hydroxyl groups is 1. The molecular formula is C33H39N3O4. The van der Waals surface area contributed by atoms with E-state index in [1.807, 2.05) is 73.0 Å². The van der Waals surface area contributed by atoms with Crippen molar-refractivity contribution in [1.82, 2.24) is 14.4 Å². The van der Waals surface area contributed by atoms with E-state index in [0.29, 0.717) is 31.9 Å². The van der Waals surface area contributed by atoms with E-state index in [1.165, 1.54) is 0 Å². The van der Waals surface area contributed by atoms with Gasteiger partial charge in [-0.25, -0.2) is 0 Å². The molecule has 0 unspecified atom stereocenters. The Kier molecular flexibility index (Phi) is 8.26. The largest absolute Gasteiger partial charge is 0.508 e. The molecule has 2 heterocycles. The number of phenolic OH excluding ortho intramolecular Hbond substituents is 1. The molecule has 7 nitrogen and oxygen atoms in total. The Morgan fingerprint density at radius 2 is 1.82 bits per heavy atom. The number of fused-ring (bicyclic) bond motifs is 5. The van der Waals surface area contributed by atoms with Gasteiger partial charge in [-0.3, -0.25) is 9.69 Å². The van der Waals surface area contributed by atoms with Gasteiger partial charge in [0.25, 0.3) is 5.91 Å². The summed E-state index contributed by atoms with van der Waals surface area (Å²) in [6.07, 6.45) is -0.172. The van der Waals surface area contributed by atoms with Crippen LogP contribution in [0.25, 0.3) is 22.0 Å². The minimum atomic E-state index is -0.359. The zero-order chi connectivity index (χ0) is 28.4. The Labute approximate surface area is 236 Å². The molecular weight excluding hydrogens is 502 g/mol. The number of aromatic nitrogens is 1. The second-order valence-corrected chi connectivity index (χ2v) is 11.1. The predicted molar refractivity (Wildman–Crippen MR) is 158 cm³/mol. The number of hydrogen-bond acceptors (Lipinski definition) is 5. The monoisotopic (exact) mass is 541 g/mol. The van der Waals surface area contributed by atoms with Crippen LogP contribution in [-0.4, -0.2) is 69.4 Å². The van der Waals surface area contributed by atoms with Crippen molar-refractivity contribution in [2.24, 2.45) is 13.0 Å². The molecule has 3 aromatic carbocycles. The number of amides is 1. The Bertz CT molecular complexity index is 1500. The van der Waals surface area contributed by atoms with Crippen molar-refractivity contribution in [2.75, 3.05) is 26.7 Å². The first-order valence-electron chi connectivity index (χ1n) is 13.9. The zero-order valence-electron chi connectivity index (χ0n) is 23.7. The molecule has 4 aromatic rings. The van der Waals surface area contributed by atoms with Gasteiger partial charge in [0.15, 0.2) is 0 Å². The molecule has 7 heteroatoms. The smallest absolute Gasteiger partial charge is 0.271 e. The standard InChI is InChI=1S/C33H39N3O4/c1-22-17-36(23(2)20-37)33(39)32-31(28-14-7-8-15-29(28)35(32)4)27-13-6-5-11-25(27)21-40-30(22)19-34(3)18-24-10-9-12-26(38)16-24/h5-16,22-23,30,37-38H,17-21H2,1-4H3/t22-,23-,30+/m1/s1. The lowest BCUT2D eigenvalue weighted by atomic mass is 9.96. The number of hydrogen-bond donors (Lipinski definition) is 2. The molecule has 0 saturated carbocycles. The van der Waals surface area contributed by atoms with E-state index in [2.05, 4.69) is 30.0 Å². The highest BCUT2D eigenvalue weighted by atomic mass is 16.5. The summed E-state index contributed by atoms with van der Waals surface area (Å²) in [5.74, 6) is 0.153. The van der Waals surface area contributed by atoms with E-state index in [-0.39, 0.29) is 36.3 Å². The third-order valence-electron chi connectivity index (χ3n) is 8.08. The second kappa shape index (κ2) is 11.8. The summed E-state index contributed by atoms with van der Waals surface area (Å²) in [6, 6.07) is 23.2. The molecule has 1 aliphatic heterocycles. The zero-order valence-corrected chi connectivity index (χ0v) is 23.7. The first-order valence-corrected chi connectivity index (χ1v) is 13.9. The maximum absolute atomic E-state index is 14.4. The maximum atomic E-state index is 14.4. The summed E-state index contributed by atoms with van der Waals surface area (Å²) in [4.78, 5) is 18.4. The summed E-state index contributed by atoms with van der Waals surface area (Å²) in [7, 11) is 3.99. The third kappa shape index (κ3) is 5.50. The van der Waals surface area contributed by atoms with Crippen molar-refractivity contribution in [3.05, 3.63) is 89.6 Å². The minimum Gasteiger partial charge on any atom is -0.508 e. The van der Waals surface area contributed by atoms with Gasteiger partial charge in [0.1, 0.15) is 11.4 Å². The third-order valence-corrected chi connectivity index (χ3v) is 8.08. The summed E-state index contributed by atoms with van der Waals surface area (Å²) in [5, 5.41) is 21.1. The lowest BCUT2D eigenvalue weighted by molar-refractivity contribution is -0.0242. The number of carbonyl (C=O) groups excluding carboxylic acids is 1. The van der Waals surface area contributed by atoms with Crippen LogP contribution in [0.2, 0.25) is 0 Å². The summed E-state index contributed by atoms with van der Waals surface area (Å²) in [5.41, 5.74) is 5.56.